The second-order valence-corrected chi connectivity index (χ2v) is 9.33. The SMILES string of the molecule is O=S1(=O)CC2[C@H]3CCC4(CC[C@@H]2C3C1Cl)OCCO4. The minimum atomic E-state index is -3.06. The summed E-state index contributed by atoms with van der Waals surface area (Å²) in [6, 6.07) is 0. The highest BCUT2D eigenvalue weighted by atomic mass is 35.5. The second kappa shape index (κ2) is 4.09. The van der Waals surface area contributed by atoms with Gasteiger partial charge in [-0.15, -0.1) is 11.6 Å². The van der Waals surface area contributed by atoms with Crippen LogP contribution in [0.4, 0.5) is 0 Å². The number of fused-ring (bicyclic) bond motifs is 4. The number of hydrogen-bond donors (Lipinski definition) is 0. The van der Waals surface area contributed by atoms with Crippen molar-refractivity contribution in [1.82, 2.24) is 0 Å². The molecular weight excluding hydrogens is 288 g/mol. The highest BCUT2D eigenvalue weighted by Crippen LogP contribution is 2.61. The van der Waals surface area contributed by atoms with Crippen molar-refractivity contribution in [3.05, 3.63) is 0 Å². The van der Waals surface area contributed by atoms with Gasteiger partial charge in [-0.2, -0.15) is 0 Å². The van der Waals surface area contributed by atoms with Crippen molar-refractivity contribution in [2.75, 3.05) is 19.0 Å². The van der Waals surface area contributed by atoms with Crippen LogP contribution in [0.15, 0.2) is 0 Å². The van der Waals surface area contributed by atoms with Gasteiger partial charge in [-0.1, -0.05) is 0 Å². The Labute approximate surface area is 118 Å². The first-order valence-corrected chi connectivity index (χ1v) is 9.31. The lowest BCUT2D eigenvalue weighted by atomic mass is 9.53. The van der Waals surface area contributed by atoms with Gasteiger partial charge in [0, 0.05) is 12.8 Å². The van der Waals surface area contributed by atoms with E-state index in [1.54, 1.807) is 0 Å². The molecule has 6 aliphatic rings. The maximum absolute atomic E-state index is 11.9. The average Bonchev–Trinajstić information content (AvgIpc) is 2.78. The molecule has 3 aliphatic heterocycles. The topological polar surface area (TPSA) is 52.6 Å². The molecule has 0 aromatic rings. The summed E-state index contributed by atoms with van der Waals surface area (Å²) in [4.78, 5) is 0. The molecule has 0 radical (unpaired) electrons. The fourth-order valence-corrected chi connectivity index (χ4v) is 7.48. The van der Waals surface area contributed by atoms with Crippen LogP contribution in [0.1, 0.15) is 25.7 Å². The van der Waals surface area contributed by atoms with Crippen LogP contribution < -0.4 is 0 Å². The van der Waals surface area contributed by atoms with E-state index in [0.29, 0.717) is 36.7 Å². The van der Waals surface area contributed by atoms with E-state index in [-0.39, 0.29) is 11.7 Å². The van der Waals surface area contributed by atoms with Gasteiger partial charge in [0.1, 0.15) is 4.71 Å². The Balaban J connectivity index is 1.56. The van der Waals surface area contributed by atoms with Gasteiger partial charge in [0.15, 0.2) is 15.6 Å². The molecule has 3 aliphatic carbocycles. The first-order chi connectivity index (χ1) is 9.03. The van der Waals surface area contributed by atoms with E-state index in [2.05, 4.69) is 0 Å². The Morgan fingerprint density at radius 2 is 1.58 bits per heavy atom. The van der Waals surface area contributed by atoms with Crippen molar-refractivity contribution in [2.45, 2.75) is 36.2 Å². The molecule has 5 atom stereocenters. The Morgan fingerprint density at radius 1 is 1.00 bits per heavy atom. The summed E-state index contributed by atoms with van der Waals surface area (Å²) >= 11 is 6.23. The van der Waals surface area contributed by atoms with Gasteiger partial charge in [0.2, 0.25) is 0 Å². The molecule has 3 saturated carbocycles. The van der Waals surface area contributed by atoms with Gasteiger partial charge in [0.05, 0.1) is 19.0 Å². The molecule has 0 aromatic carbocycles. The summed E-state index contributed by atoms with van der Waals surface area (Å²) in [5.41, 5.74) is 0. The highest BCUT2D eigenvalue weighted by molar-refractivity contribution is 7.93. The van der Waals surface area contributed by atoms with E-state index in [1.807, 2.05) is 0 Å². The molecule has 3 heterocycles. The number of sulfone groups is 1. The molecule has 0 aromatic heterocycles. The van der Waals surface area contributed by atoms with Crippen LogP contribution >= 0.6 is 11.6 Å². The lowest BCUT2D eigenvalue weighted by Gasteiger charge is -2.60. The lowest BCUT2D eigenvalue weighted by Crippen LogP contribution is -2.62. The van der Waals surface area contributed by atoms with Crippen molar-refractivity contribution < 1.29 is 17.9 Å². The minimum Gasteiger partial charge on any atom is -0.348 e. The number of hydrogen-bond acceptors (Lipinski definition) is 4. The fraction of sp³-hybridized carbons (Fsp3) is 1.00. The summed E-state index contributed by atoms with van der Waals surface area (Å²) in [5, 5.41) is 0. The Kier molecular flexibility index (Phi) is 2.77. The smallest absolute Gasteiger partial charge is 0.168 e. The van der Waals surface area contributed by atoms with Crippen molar-refractivity contribution >= 4 is 21.4 Å². The van der Waals surface area contributed by atoms with E-state index in [9.17, 15) is 8.42 Å². The van der Waals surface area contributed by atoms with Gasteiger partial charge < -0.3 is 9.47 Å². The third-order valence-electron chi connectivity index (χ3n) is 5.69. The van der Waals surface area contributed by atoms with Gasteiger partial charge in [-0.25, -0.2) is 8.42 Å². The van der Waals surface area contributed by atoms with E-state index >= 15 is 0 Å². The van der Waals surface area contributed by atoms with Crippen molar-refractivity contribution in [2.24, 2.45) is 23.7 Å². The van der Waals surface area contributed by atoms with Gasteiger partial charge >= 0.3 is 0 Å². The predicted octanol–water partition coefficient (Wildman–Crippen LogP) is 1.78. The first-order valence-electron chi connectivity index (χ1n) is 7.16. The second-order valence-electron chi connectivity index (χ2n) is 6.43. The third kappa shape index (κ3) is 1.74. The molecule has 0 amide bonds. The number of ether oxygens (including phenoxy) is 2. The van der Waals surface area contributed by atoms with E-state index in [4.69, 9.17) is 21.1 Å². The predicted molar refractivity (Wildman–Crippen MR) is 70.5 cm³/mol. The van der Waals surface area contributed by atoms with Crippen LogP contribution in [-0.4, -0.2) is 37.9 Å². The Bertz CT molecular complexity index is 467. The summed E-state index contributed by atoms with van der Waals surface area (Å²) in [6.07, 6.45) is 3.76. The fourth-order valence-electron chi connectivity index (χ4n) is 4.79. The van der Waals surface area contributed by atoms with Crippen molar-refractivity contribution in [3.8, 4) is 0 Å². The molecule has 0 N–H and O–H groups in total. The highest BCUT2D eigenvalue weighted by Gasteiger charge is 2.62. The van der Waals surface area contributed by atoms with E-state index < -0.39 is 14.5 Å². The molecular formula is C13H19ClO4S. The van der Waals surface area contributed by atoms with Gasteiger partial charge in [-0.05, 0) is 36.5 Å². The molecule has 4 bridgehead atoms. The zero-order chi connectivity index (χ0) is 13.3. The standard InChI is InChI=1S/C13H19ClO4S/c14-12-11-8-1-3-13(17-5-6-18-13)4-2-9(11)10(8)7-19(12,15)16/h8-12H,1-7H2/t8-,9+,10?,11?,12?. The van der Waals surface area contributed by atoms with E-state index in [1.165, 1.54) is 0 Å². The molecule has 6 heteroatoms. The Morgan fingerprint density at radius 3 is 2.11 bits per heavy atom. The van der Waals surface area contributed by atoms with Crippen LogP contribution in [-0.2, 0) is 19.3 Å². The monoisotopic (exact) mass is 306 g/mol. The average molecular weight is 307 g/mol. The molecule has 1 spiro atoms. The Hall–Kier alpha value is 0.160. The number of halogens is 1. The zero-order valence-corrected chi connectivity index (χ0v) is 12.3. The summed E-state index contributed by atoms with van der Waals surface area (Å²) in [6.45, 7) is 1.38. The van der Waals surface area contributed by atoms with Gasteiger partial charge in [-0.3, -0.25) is 0 Å². The number of rotatable bonds is 0. The van der Waals surface area contributed by atoms with Crippen LogP contribution in [0, 0.1) is 23.7 Å². The lowest BCUT2D eigenvalue weighted by molar-refractivity contribution is -0.195. The molecule has 4 nitrogen and oxygen atoms in total. The third-order valence-corrected chi connectivity index (χ3v) is 8.65. The largest absolute Gasteiger partial charge is 0.348 e. The minimum absolute atomic E-state index is 0.171. The summed E-state index contributed by atoms with van der Waals surface area (Å²) < 4.78 is 34.8. The van der Waals surface area contributed by atoms with E-state index in [0.717, 1.165) is 25.7 Å². The van der Waals surface area contributed by atoms with Crippen molar-refractivity contribution in [3.63, 3.8) is 0 Å². The van der Waals surface area contributed by atoms with Crippen LogP contribution in [0.3, 0.4) is 0 Å². The van der Waals surface area contributed by atoms with Gasteiger partial charge in [0.25, 0.3) is 0 Å². The van der Waals surface area contributed by atoms with Crippen LogP contribution in [0.5, 0.6) is 0 Å². The zero-order valence-electron chi connectivity index (χ0n) is 10.8. The summed E-state index contributed by atoms with van der Waals surface area (Å²) in [7, 11) is -3.06. The van der Waals surface area contributed by atoms with Crippen LogP contribution in [0.25, 0.3) is 0 Å². The summed E-state index contributed by atoms with van der Waals surface area (Å²) in [5.74, 6) is 1.35. The first kappa shape index (κ1) is 12.9. The molecule has 6 fully saturated rings. The number of alkyl halides is 1. The molecule has 6 rings (SSSR count). The molecule has 3 saturated heterocycles. The maximum atomic E-state index is 11.9. The molecule has 3 unspecified atom stereocenters. The molecule has 108 valence electrons. The van der Waals surface area contributed by atoms with Crippen molar-refractivity contribution in [1.29, 1.82) is 0 Å². The maximum Gasteiger partial charge on any atom is 0.168 e. The molecule has 19 heavy (non-hydrogen) atoms. The normalized spacial score (nSPS) is 50.3. The van der Waals surface area contributed by atoms with Crippen LogP contribution in [0.2, 0.25) is 0 Å². The quantitative estimate of drug-likeness (QED) is 0.640.